The van der Waals surface area contributed by atoms with E-state index in [1.165, 1.54) is 14.0 Å². The molecule has 0 aliphatic rings. The third-order valence-corrected chi connectivity index (χ3v) is 1.74. The zero-order valence-corrected chi connectivity index (χ0v) is 7.53. The van der Waals surface area contributed by atoms with Gasteiger partial charge in [0.2, 0.25) is 0 Å². The summed E-state index contributed by atoms with van der Waals surface area (Å²) in [4.78, 5) is 21.5. The van der Waals surface area contributed by atoms with Crippen LogP contribution >= 0.6 is 0 Å². The fourth-order valence-electron chi connectivity index (χ4n) is 1.07. The molecule has 0 saturated heterocycles. The number of hydrogen-bond donors (Lipinski definition) is 0. The summed E-state index contributed by atoms with van der Waals surface area (Å²) in [6.45, 7) is 1.46. The Kier molecular flexibility index (Phi) is 2.80. The molecule has 0 aliphatic heterocycles. The minimum atomic E-state index is -0.0747. The largest absolute Gasteiger partial charge is 0.496 e. The molecule has 3 nitrogen and oxygen atoms in total. The second-order valence-electron chi connectivity index (χ2n) is 2.63. The van der Waals surface area contributed by atoms with Crippen LogP contribution in [0.2, 0.25) is 0 Å². The molecule has 0 radical (unpaired) electrons. The Balaban J connectivity index is 3.23. The summed E-state index contributed by atoms with van der Waals surface area (Å²) in [6.07, 6.45) is 0.715. The Morgan fingerprint density at radius 2 is 2.15 bits per heavy atom. The van der Waals surface area contributed by atoms with Gasteiger partial charge >= 0.3 is 0 Å². The predicted octanol–water partition coefficient (Wildman–Crippen LogP) is 1.71. The van der Waals surface area contributed by atoms with Gasteiger partial charge in [-0.3, -0.25) is 9.59 Å². The van der Waals surface area contributed by atoms with Crippen molar-refractivity contribution >= 4 is 12.1 Å². The van der Waals surface area contributed by atoms with E-state index in [1.54, 1.807) is 18.2 Å². The van der Waals surface area contributed by atoms with Crippen molar-refractivity contribution < 1.29 is 14.3 Å². The highest BCUT2D eigenvalue weighted by atomic mass is 16.5. The molecule has 1 rings (SSSR count). The molecule has 68 valence electrons. The van der Waals surface area contributed by atoms with Gasteiger partial charge in [-0.05, 0) is 19.1 Å². The number of aldehydes is 1. The van der Waals surface area contributed by atoms with Crippen molar-refractivity contribution in [2.24, 2.45) is 0 Å². The van der Waals surface area contributed by atoms with Gasteiger partial charge in [0, 0.05) is 5.56 Å². The second kappa shape index (κ2) is 3.85. The SMILES string of the molecule is COc1cc(C=O)ccc1C(C)=O. The minimum Gasteiger partial charge on any atom is -0.496 e. The molecule has 0 heterocycles. The number of benzene rings is 1. The highest BCUT2D eigenvalue weighted by Crippen LogP contribution is 2.19. The van der Waals surface area contributed by atoms with E-state index in [9.17, 15) is 9.59 Å². The number of carbonyl (C=O) groups excluding carboxylic acids is 2. The number of Topliss-reactive ketones (excluding diaryl/α,β-unsaturated/α-hetero) is 1. The van der Waals surface area contributed by atoms with Crippen molar-refractivity contribution in [3.05, 3.63) is 29.3 Å². The average molecular weight is 178 g/mol. The van der Waals surface area contributed by atoms with Crippen LogP contribution in [0.5, 0.6) is 5.75 Å². The van der Waals surface area contributed by atoms with Crippen LogP contribution in [0, 0.1) is 0 Å². The number of rotatable bonds is 3. The van der Waals surface area contributed by atoms with Crippen molar-refractivity contribution in [1.82, 2.24) is 0 Å². The lowest BCUT2D eigenvalue weighted by Gasteiger charge is -2.05. The molecule has 0 unspecified atom stereocenters. The standard InChI is InChI=1S/C10H10O3/c1-7(12)9-4-3-8(6-11)5-10(9)13-2/h3-6H,1-2H3. The summed E-state index contributed by atoms with van der Waals surface area (Å²) in [6, 6.07) is 4.72. The van der Waals surface area contributed by atoms with Gasteiger partial charge in [-0.25, -0.2) is 0 Å². The molecule has 0 aromatic heterocycles. The fraction of sp³-hybridized carbons (Fsp3) is 0.200. The van der Waals surface area contributed by atoms with Gasteiger partial charge in [0.25, 0.3) is 0 Å². The van der Waals surface area contributed by atoms with Crippen LogP contribution < -0.4 is 4.74 Å². The van der Waals surface area contributed by atoms with E-state index in [0.29, 0.717) is 23.2 Å². The first kappa shape index (κ1) is 9.45. The molecule has 0 N–H and O–H groups in total. The Morgan fingerprint density at radius 3 is 2.62 bits per heavy atom. The summed E-state index contributed by atoms with van der Waals surface area (Å²) in [5.74, 6) is 0.367. The lowest BCUT2D eigenvalue weighted by Crippen LogP contribution is -1.98. The topological polar surface area (TPSA) is 43.4 Å². The Bertz CT molecular complexity index is 342. The monoisotopic (exact) mass is 178 g/mol. The zero-order valence-electron chi connectivity index (χ0n) is 7.53. The fourth-order valence-corrected chi connectivity index (χ4v) is 1.07. The molecule has 1 aromatic carbocycles. The lowest BCUT2D eigenvalue weighted by molar-refractivity contribution is 0.101. The van der Waals surface area contributed by atoms with Crippen LogP contribution in [0.3, 0.4) is 0 Å². The van der Waals surface area contributed by atoms with Gasteiger partial charge in [-0.15, -0.1) is 0 Å². The van der Waals surface area contributed by atoms with Gasteiger partial charge in [-0.1, -0.05) is 6.07 Å². The van der Waals surface area contributed by atoms with Gasteiger partial charge in [0.15, 0.2) is 5.78 Å². The van der Waals surface area contributed by atoms with Crippen LogP contribution in [0.4, 0.5) is 0 Å². The normalized spacial score (nSPS) is 9.38. The molecule has 0 amide bonds. The average Bonchev–Trinajstić information content (AvgIpc) is 2.16. The Morgan fingerprint density at radius 1 is 1.46 bits per heavy atom. The maximum atomic E-state index is 11.1. The Labute approximate surface area is 76.3 Å². The van der Waals surface area contributed by atoms with E-state index in [2.05, 4.69) is 0 Å². The number of hydrogen-bond acceptors (Lipinski definition) is 3. The number of carbonyl (C=O) groups is 2. The van der Waals surface area contributed by atoms with Crippen molar-refractivity contribution in [2.75, 3.05) is 7.11 Å². The van der Waals surface area contributed by atoms with E-state index in [0.717, 1.165) is 0 Å². The van der Waals surface area contributed by atoms with E-state index in [-0.39, 0.29) is 5.78 Å². The van der Waals surface area contributed by atoms with Crippen LogP contribution in [-0.2, 0) is 0 Å². The van der Waals surface area contributed by atoms with Crippen LogP contribution in [0.1, 0.15) is 27.6 Å². The zero-order chi connectivity index (χ0) is 9.84. The first-order chi connectivity index (χ1) is 6.19. The molecular weight excluding hydrogens is 168 g/mol. The van der Waals surface area contributed by atoms with E-state index >= 15 is 0 Å². The molecule has 1 aromatic rings. The van der Waals surface area contributed by atoms with E-state index < -0.39 is 0 Å². The number of ether oxygens (including phenoxy) is 1. The molecular formula is C10H10O3. The van der Waals surface area contributed by atoms with Crippen LogP contribution in [-0.4, -0.2) is 19.2 Å². The maximum Gasteiger partial charge on any atom is 0.163 e. The molecule has 0 fully saturated rings. The smallest absolute Gasteiger partial charge is 0.163 e. The van der Waals surface area contributed by atoms with Crippen molar-refractivity contribution in [3.8, 4) is 5.75 Å². The Hall–Kier alpha value is -1.64. The third kappa shape index (κ3) is 1.93. The molecule has 3 heteroatoms. The van der Waals surface area contributed by atoms with Gasteiger partial charge in [-0.2, -0.15) is 0 Å². The van der Waals surface area contributed by atoms with E-state index in [1.807, 2.05) is 0 Å². The van der Waals surface area contributed by atoms with Crippen molar-refractivity contribution in [2.45, 2.75) is 6.92 Å². The molecule has 0 spiro atoms. The molecule has 13 heavy (non-hydrogen) atoms. The second-order valence-corrected chi connectivity index (χ2v) is 2.63. The van der Waals surface area contributed by atoms with E-state index in [4.69, 9.17) is 4.74 Å². The van der Waals surface area contributed by atoms with Crippen LogP contribution in [0.15, 0.2) is 18.2 Å². The quantitative estimate of drug-likeness (QED) is 0.522. The maximum absolute atomic E-state index is 11.1. The summed E-state index contributed by atoms with van der Waals surface area (Å²) in [5, 5.41) is 0. The number of ketones is 1. The summed E-state index contributed by atoms with van der Waals surface area (Å²) in [5.41, 5.74) is 0.995. The third-order valence-electron chi connectivity index (χ3n) is 1.74. The summed E-state index contributed by atoms with van der Waals surface area (Å²) in [7, 11) is 1.47. The highest BCUT2D eigenvalue weighted by Gasteiger charge is 2.07. The number of methoxy groups -OCH3 is 1. The first-order valence-electron chi connectivity index (χ1n) is 3.83. The van der Waals surface area contributed by atoms with Crippen molar-refractivity contribution in [3.63, 3.8) is 0 Å². The molecule has 0 bridgehead atoms. The predicted molar refractivity (Wildman–Crippen MR) is 48.4 cm³/mol. The summed E-state index contributed by atoms with van der Waals surface area (Å²) < 4.78 is 4.97. The van der Waals surface area contributed by atoms with Gasteiger partial charge in [0.1, 0.15) is 12.0 Å². The highest BCUT2D eigenvalue weighted by molar-refractivity contribution is 5.97. The van der Waals surface area contributed by atoms with Crippen LogP contribution in [0.25, 0.3) is 0 Å². The first-order valence-corrected chi connectivity index (χ1v) is 3.83. The summed E-state index contributed by atoms with van der Waals surface area (Å²) >= 11 is 0. The minimum absolute atomic E-state index is 0.0747. The van der Waals surface area contributed by atoms with Gasteiger partial charge in [0.05, 0.1) is 12.7 Å². The molecule has 0 saturated carbocycles. The molecule has 0 atom stereocenters. The van der Waals surface area contributed by atoms with Gasteiger partial charge < -0.3 is 4.74 Å². The molecule has 0 aliphatic carbocycles. The van der Waals surface area contributed by atoms with Crippen molar-refractivity contribution in [1.29, 1.82) is 0 Å². The lowest BCUT2D eigenvalue weighted by atomic mass is 10.1.